The first kappa shape index (κ1) is 13.7. The van der Waals surface area contributed by atoms with Gasteiger partial charge < -0.3 is 20.3 Å². The molecule has 1 atom stereocenters. The number of ether oxygens (including phenoxy) is 1. The van der Waals surface area contributed by atoms with Crippen molar-refractivity contribution < 1.29 is 9.53 Å². The van der Waals surface area contributed by atoms with Gasteiger partial charge >= 0.3 is 0 Å². The average Bonchev–Trinajstić information content (AvgIpc) is 2.46. The Hall–Kier alpha value is -1.75. The van der Waals surface area contributed by atoms with Gasteiger partial charge in [0, 0.05) is 31.5 Å². The molecule has 19 heavy (non-hydrogen) atoms. The molecule has 1 aromatic carbocycles. The topological polar surface area (TPSA) is 58.8 Å². The Kier molecular flexibility index (Phi) is 4.27. The smallest absolute Gasteiger partial charge is 0.245 e. The van der Waals surface area contributed by atoms with E-state index in [2.05, 4.69) is 0 Å². The lowest BCUT2D eigenvalue weighted by molar-refractivity contribution is -0.136. The first-order valence-corrected chi connectivity index (χ1v) is 6.54. The van der Waals surface area contributed by atoms with Crippen molar-refractivity contribution in [2.24, 2.45) is 0 Å². The van der Waals surface area contributed by atoms with Crippen molar-refractivity contribution in [2.75, 3.05) is 44.0 Å². The predicted octanol–water partition coefficient (Wildman–Crippen LogP) is 0.952. The van der Waals surface area contributed by atoms with Crippen LogP contribution in [-0.2, 0) is 9.53 Å². The van der Waals surface area contributed by atoms with E-state index in [0.29, 0.717) is 32.0 Å². The lowest BCUT2D eigenvalue weighted by Crippen LogP contribution is -2.49. The SMILES string of the molecule is CC(C(=O)N1CCOCC1)N(C)c1cccc(N)c1. The molecule has 0 radical (unpaired) electrons. The van der Waals surface area contributed by atoms with Gasteiger partial charge in [-0.25, -0.2) is 0 Å². The van der Waals surface area contributed by atoms with Crippen LogP contribution in [0, 0.1) is 0 Å². The molecule has 0 aromatic heterocycles. The summed E-state index contributed by atoms with van der Waals surface area (Å²) in [5.41, 5.74) is 7.43. The first-order valence-electron chi connectivity index (χ1n) is 6.54. The van der Waals surface area contributed by atoms with Crippen LogP contribution < -0.4 is 10.6 Å². The summed E-state index contributed by atoms with van der Waals surface area (Å²) in [4.78, 5) is 16.2. The fraction of sp³-hybridized carbons (Fsp3) is 0.500. The van der Waals surface area contributed by atoms with E-state index in [1.54, 1.807) is 0 Å². The number of carbonyl (C=O) groups excluding carboxylic acids is 1. The molecule has 2 N–H and O–H groups in total. The van der Waals surface area contributed by atoms with Crippen molar-refractivity contribution >= 4 is 17.3 Å². The van der Waals surface area contributed by atoms with E-state index in [0.717, 1.165) is 5.69 Å². The van der Waals surface area contributed by atoms with Gasteiger partial charge in [0.1, 0.15) is 6.04 Å². The zero-order chi connectivity index (χ0) is 13.8. The number of anilines is 2. The summed E-state index contributed by atoms with van der Waals surface area (Å²) in [7, 11) is 1.91. The molecule has 5 heteroatoms. The number of rotatable bonds is 3. The van der Waals surface area contributed by atoms with Crippen LogP contribution in [0.1, 0.15) is 6.92 Å². The fourth-order valence-electron chi connectivity index (χ4n) is 2.18. The minimum Gasteiger partial charge on any atom is -0.399 e. The molecule has 1 fully saturated rings. The Labute approximate surface area is 113 Å². The van der Waals surface area contributed by atoms with E-state index in [9.17, 15) is 4.79 Å². The zero-order valence-corrected chi connectivity index (χ0v) is 11.5. The van der Waals surface area contributed by atoms with Crippen molar-refractivity contribution in [1.82, 2.24) is 4.90 Å². The van der Waals surface area contributed by atoms with Gasteiger partial charge in [0.25, 0.3) is 0 Å². The number of nitrogens with two attached hydrogens (primary N) is 1. The predicted molar refractivity (Wildman–Crippen MR) is 76.1 cm³/mol. The number of nitrogens with zero attached hydrogens (tertiary/aromatic N) is 2. The number of morpholine rings is 1. The van der Waals surface area contributed by atoms with Gasteiger partial charge in [0.05, 0.1) is 13.2 Å². The molecule has 2 rings (SSSR count). The van der Waals surface area contributed by atoms with E-state index < -0.39 is 0 Å². The highest BCUT2D eigenvalue weighted by Crippen LogP contribution is 2.19. The average molecular weight is 263 g/mol. The number of likely N-dealkylation sites (N-methyl/N-ethyl adjacent to an activating group) is 1. The molecule has 1 unspecified atom stereocenters. The molecule has 1 amide bonds. The molecule has 0 bridgehead atoms. The van der Waals surface area contributed by atoms with Crippen LogP contribution in [0.2, 0.25) is 0 Å². The molecule has 1 heterocycles. The van der Waals surface area contributed by atoms with E-state index in [-0.39, 0.29) is 11.9 Å². The van der Waals surface area contributed by atoms with Crippen molar-refractivity contribution in [3.8, 4) is 0 Å². The lowest BCUT2D eigenvalue weighted by Gasteiger charge is -2.33. The second-order valence-electron chi connectivity index (χ2n) is 4.82. The van der Waals surface area contributed by atoms with Gasteiger partial charge in [0.15, 0.2) is 0 Å². The Balaban J connectivity index is 2.05. The number of benzene rings is 1. The first-order chi connectivity index (χ1) is 9.09. The minimum atomic E-state index is -0.208. The van der Waals surface area contributed by atoms with Crippen LogP contribution in [0.4, 0.5) is 11.4 Å². The molecular formula is C14H21N3O2. The molecule has 1 aromatic rings. The Morgan fingerprint density at radius 1 is 1.42 bits per heavy atom. The fourth-order valence-corrected chi connectivity index (χ4v) is 2.18. The van der Waals surface area contributed by atoms with Crippen LogP contribution in [0.5, 0.6) is 0 Å². The van der Waals surface area contributed by atoms with E-state index in [1.165, 1.54) is 0 Å². The van der Waals surface area contributed by atoms with Crippen molar-refractivity contribution in [2.45, 2.75) is 13.0 Å². The highest BCUT2D eigenvalue weighted by atomic mass is 16.5. The van der Waals surface area contributed by atoms with Crippen molar-refractivity contribution in [3.63, 3.8) is 0 Å². The Bertz CT molecular complexity index is 444. The third kappa shape index (κ3) is 3.17. The highest BCUT2D eigenvalue weighted by molar-refractivity contribution is 5.85. The second kappa shape index (κ2) is 5.93. The maximum atomic E-state index is 12.4. The van der Waals surface area contributed by atoms with Crippen LogP contribution in [0.15, 0.2) is 24.3 Å². The van der Waals surface area contributed by atoms with Gasteiger partial charge in [-0.15, -0.1) is 0 Å². The third-order valence-corrected chi connectivity index (χ3v) is 3.54. The third-order valence-electron chi connectivity index (χ3n) is 3.54. The van der Waals surface area contributed by atoms with Gasteiger partial charge in [-0.3, -0.25) is 4.79 Å². The summed E-state index contributed by atoms with van der Waals surface area (Å²) >= 11 is 0. The van der Waals surface area contributed by atoms with Gasteiger partial charge in [-0.1, -0.05) is 6.07 Å². The summed E-state index contributed by atoms with van der Waals surface area (Å²) in [6.45, 7) is 4.52. The van der Waals surface area contributed by atoms with Gasteiger partial charge in [0.2, 0.25) is 5.91 Å². The zero-order valence-electron chi connectivity index (χ0n) is 11.5. The molecule has 5 nitrogen and oxygen atoms in total. The maximum absolute atomic E-state index is 12.4. The molecule has 104 valence electrons. The van der Waals surface area contributed by atoms with Crippen molar-refractivity contribution in [3.05, 3.63) is 24.3 Å². The monoisotopic (exact) mass is 263 g/mol. The van der Waals surface area contributed by atoms with Crippen LogP contribution >= 0.6 is 0 Å². The van der Waals surface area contributed by atoms with Crippen LogP contribution in [0.3, 0.4) is 0 Å². The largest absolute Gasteiger partial charge is 0.399 e. The van der Waals surface area contributed by atoms with Crippen molar-refractivity contribution in [1.29, 1.82) is 0 Å². The summed E-state index contributed by atoms with van der Waals surface area (Å²) in [5.74, 6) is 0.133. The summed E-state index contributed by atoms with van der Waals surface area (Å²) in [5, 5.41) is 0. The number of hydrogen-bond donors (Lipinski definition) is 1. The second-order valence-corrected chi connectivity index (χ2v) is 4.82. The number of amides is 1. The minimum absolute atomic E-state index is 0.133. The van der Waals surface area contributed by atoms with E-state index in [1.807, 2.05) is 48.0 Å². The summed E-state index contributed by atoms with van der Waals surface area (Å²) in [6.07, 6.45) is 0. The van der Waals surface area contributed by atoms with E-state index >= 15 is 0 Å². The normalized spacial score (nSPS) is 17.1. The van der Waals surface area contributed by atoms with Gasteiger partial charge in [-0.05, 0) is 25.1 Å². The molecular weight excluding hydrogens is 242 g/mol. The molecule has 1 aliphatic heterocycles. The molecule has 0 spiro atoms. The van der Waals surface area contributed by atoms with Gasteiger partial charge in [-0.2, -0.15) is 0 Å². The van der Waals surface area contributed by atoms with Crippen LogP contribution in [0.25, 0.3) is 0 Å². The summed E-state index contributed by atoms with van der Waals surface area (Å²) in [6, 6.07) is 7.36. The summed E-state index contributed by atoms with van der Waals surface area (Å²) < 4.78 is 5.27. The molecule has 0 saturated carbocycles. The molecule has 1 aliphatic rings. The maximum Gasteiger partial charge on any atom is 0.245 e. The number of nitrogen functional groups attached to an aromatic ring is 1. The van der Waals surface area contributed by atoms with Crippen LogP contribution in [-0.4, -0.2) is 50.2 Å². The Morgan fingerprint density at radius 2 is 2.11 bits per heavy atom. The Morgan fingerprint density at radius 3 is 2.74 bits per heavy atom. The quantitative estimate of drug-likeness (QED) is 0.825. The number of hydrogen-bond acceptors (Lipinski definition) is 4. The highest BCUT2D eigenvalue weighted by Gasteiger charge is 2.25. The number of carbonyl (C=O) groups is 1. The standard InChI is InChI=1S/C14H21N3O2/c1-11(14(18)17-6-8-19-9-7-17)16(2)13-5-3-4-12(15)10-13/h3-5,10-11H,6-9,15H2,1-2H3. The molecule has 0 aliphatic carbocycles. The van der Waals surface area contributed by atoms with E-state index in [4.69, 9.17) is 10.5 Å². The molecule has 1 saturated heterocycles. The lowest BCUT2D eigenvalue weighted by atomic mass is 10.2.